The minimum atomic E-state index is -0.718. The Morgan fingerprint density at radius 2 is 1.72 bits per heavy atom. The number of fused-ring (bicyclic) bond motifs is 3. The highest BCUT2D eigenvalue weighted by atomic mass is 79.9. The van der Waals surface area contributed by atoms with E-state index in [0.29, 0.717) is 44.4 Å². The summed E-state index contributed by atoms with van der Waals surface area (Å²) in [7, 11) is 0. The van der Waals surface area contributed by atoms with Gasteiger partial charge in [0.15, 0.2) is 17.3 Å². The second-order valence-electron chi connectivity index (χ2n) is 10.5. The topological polar surface area (TPSA) is 109 Å². The van der Waals surface area contributed by atoms with Gasteiger partial charge in [-0.25, -0.2) is 0 Å². The molecular weight excluding hydrogens is 562 g/mol. The van der Waals surface area contributed by atoms with Gasteiger partial charge in [-0.15, -0.1) is 0 Å². The number of phenols is 1. The van der Waals surface area contributed by atoms with Crippen molar-refractivity contribution in [2.45, 2.75) is 32.6 Å². The molecule has 0 saturated carbocycles. The molecule has 0 aromatic heterocycles. The maximum Gasteiger partial charge on any atom is 0.238 e. The summed E-state index contributed by atoms with van der Waals surface area (Å²) in [5.41, 5.74) is 3.12. The molecule has 1 heterocycles. The maximum absolute atomic E-state index is 13.9. The molecular formula is C31H24BrNO6. The van der Waals surface area contributed by atoms with Crippen LogP contribution in [0.5, 0.6) is 5.75 Å². The van der Waals surface area contributed by atoms with Gasteiger partial charge in [-0.1, -0.05) is 27.6 Å². The summed E-state index contributed by atoms with van der Waals surface area (Å²) in [6, 6.07) is 11.3. The number of halogens is 1. The standard InChI is InChI=1S/C31H24BrNO6/c1-14-11-25(36)23-13-21-19(26(28(23)29(14)37)22-12-17(32)5-10-24(22)35)8-9-20-27(21)31(39)33(30(20)38)18-6-3-16(4-7-18)15(2)34/h3-8,10-12,20-21,26-27,35H,9,13H2,1-2H3. The van der Waals surface area contributed by atoms with E-state index >= 15 is 0 Å². The van der Waals surface area contributed by atoms with Crippen LogP contribution < -0.4 is 4.90 Å². The van der Waals surface area contributed by atoms with Crippen LogP contribution >= 0.6 is 15.9 Å². The fraction of sp³-hybridized carbons (Fsp3) is 0.258. The smallest absolute Gasteiger partial charge is 0.238 e. The van der Waals surface area contributed by atoms with Gasteiger partial charge in [-0.3, -0.25) is 28.9 Å². The molecule has 196 valence electrons. The lowest BCUT2D eigenvalue weighted by Gasteiger charge is -2.42. The number of rotatable bonds is 3. The molecule has 8 heteroatoms. The first-order chi connectivity index (χ1) is 18.6. The van der Waals surface area contributed by atoms with E-state index in [-0.39, 0.29) is 41.3 Å². The Bertz CT molecular complexity index is 1610. The van der Waals surface area contributed by atoms with Gasteiger partial charge in [0.05, 0.1) is 17.5 Å². The lowest BCUT2D eigenvalue weighted by molar-refractivity contribution is -0.123. The average Bonchev–Trinajstić information content (AvgIpc) is 3.17. The number of ketones is 3. The number of anilines is 1. The number of benzene rings is 2. The van der Waals surface area contributed by atoms with Gasteiger partial charge >= 0.3 is 0 Å². The zero-order chi connectivity index (χ0) is 27.7. The largest absolute Gasteiger partial charge is 0.508 e. The van der Waals surface area contributed by atoms with E-state index in [1.807, 2.05) is 6.08 Å². The second-order valence-corrected chi connectivity index (χ2v) is 11.5. The van der Waals surface area contributed by atoms with Crippen LogP contribution in [-0.2, 0) is 19.2 Å². The summed E-state index contributed by atoms with van der Waals surface area (Å²) in [5.74, 6) is -3.89. The monoisotopic (exact) mass is 585 g/mol. The molecule has 39 heavy (non-hydrogen) atoms. The predicted octanol–water partition coefficient (Wildman–Crippen LogP) is 4.99. The van der Waals surface area contributed by atoms with Crippen molar-refractivity contribution in [1.29, 1.82) is 0 Å². The van der Waals surface area contributed by atoms with Crippen LogP contribution in [0.2, 0.25) is 0 Å². The van der Waals surface area contributed by atoms with Crippen molar-refractivity contribution >= 4 is 50.8 Å². The molecule has 4 unspecified atom stereocenters. The number of carbonyl (C=O) groups is 5. The van der Waals surface area contributed by atoms with Crippen LogP contribution in [0.15, 0.2) is 81.4 Å². The molecule has 4 aliphatic rings. The third kappa shape index (κ3) is 3.80. The van der Waals surface area contributed by atoms with Crippen LogP contribution in [0.3, 0.4) is 0 Å². The molecule has 1 aliphatic heterocycles. The molecule has 2 aromatic rings. The fourth-order valence-corrected chi connectivity index (χ4v) is 6.95. The molecule has 3 aliphatic carbocycles. The summed E-state index contributed by atoms with van der Waals surface area (Å²) in [5, 5.41) is 10.9. The number of phenolic OH excluding ortho intramolecular Hbond substituents is 1. The Hall–Kier alpha value is -3.91. The van der Waals surface area contributed by atoms with Crippen molar-refractivity contribution in [2.75, 3.05) is 4.90 Å². The van der Waals surface area contributed by atoms with Crippen molar-refractivity contribution in [3.05, 3.63) is 92.5 Å². The number of carbonyl (C=O) groups excluding carboxylic acids is 5. The Balaban J connectivity index is 1.47. The van der Waals surface area contributed by atoms with Crippen molar-refractivity contribution in [3.8, 4) is 5.75 Å². The summed E-state index contributed by atoms with van der Waals surface area (Å²) in [6.45, 7) is 3.05. The molecule has 6 rings (SSSR count). The zero-order valence-corrected chi connectivity index (χ0v) is 22.8. The molecule has 7 nitrogen and oxygen atoms in total. The van der Waals surface area contributed by atoms with Crippen LogP contribution in [0.1, 0.15) is 48.5 Å². The number of allylic oxidation sites excluding steroid dienone is 6. The van der Waals surface area contributed by atoms with Crippen molar-refractivity contribution in [2.24, 2.45) is 17.8 Å². The number of Topliss-reactive ketones (excluding diaryl/α,β-unsaturated/α-hetero) is 2. The average molecular weight is 586 g/mol. The summed E-state index contributed by atoms with van der Waals surface area (Å²) in [6.07, 6.45) is 3.71. The van der Waals surface area contributed by atoms with Crippen LogP contribution in [0, 0.1) is 17.8 Å². The van der Waals surface area contributed by atoms with E-state index < -0.39 is 23.7 Å². The van der Waals surface area contributed by atoms with Crippen molar-refractivity contribution in [1.82, 2.24) is 0 Å². The maximum atomic E-state index is 13.9. The molecule has 2 amide bonds. The molecule has 1 N–H and O–H groups in total. The number of aromatic hydroxyl groups is 1. The van der Waals surface area contributed by atoms with E-state index in [4.69, 9.17) is 0 Å². The number of amides is 2. The number of imide groups is 1. The van der Waals surface area contributed by atoms with Gasteiger partial charge in [0.2, 0.25) is 11.8 Å². The Labute approximate surface area is 233 Å². The highest BCUT2D eigenvalue weighted by Gasteiger charge is 2.56. The fourth-order valence-electron chi connectivity index (χ4n) is 6.57. The zero-order valence-electron chi connectivity index (χ0n) is 21.2. The van der Waals surface area contributed by atoms with Crippen LogP contribution in [-0.4, -0.2) is 34.3 Å². The van der Waals surface area contributed by atoms with Gasteiger partial charge in [-0.05, 0) is 81.1 Å². The molecule has 0 bridgehead atoms. The van der Waals surface area contributed by atoms with Crippen LogP contribution in [0.25, 0.3) is 0 Å². The molecule has 1 fully saturated rings. The summed E-state index contributed by atoms with van der Waals surface area (Å²) >= 11 is 3.45. The van der Waals surface area contributed by atoms with E-state index in [1.54, 1.807) is 43.3 Å². The Morgan fingerprint density at radius 1 is 1.00 bits per heavy atom. The third-order valence-electron chi connectivity index (χ3n) is 8.40. The molecule has 0 radical (unpaired) electrons. The predicted molar refractivity (Wildman–Crippen MR) is 146 cm³/mol. The number of nitrogens with zero attached hydrogens (tertiary/aromatic N) is 1. The van der Waals surface area contributed by atoms with E-state index in [0.717, 1.165) is 5.57 Å². The molecule has 2 aromatic carbocycles. The third-order valence-corrected chi connectivity index (χ3v) is 8.89. The number of hydrogen-bond acceptors (Lipinski definition) is 6. The minimum absolute atomic E-state index is 0.0211. The van der Waals surface area contributed by atoms with Crippen molar-refractivity contribution < 1.29 is 29.1 Å². The van der Waals surface area contributed by atoms with Crippen LogP contribution in [0.4, 0.5) is 5.69 Å². The lowest BCUT2D eigenvalue weighted by Crippen LogP contribution is -2.39. The van der Waals surface area contributed by atoms with E-state index in [1.165, 1.54) is 24.0 Å². The Kier molecular flexibility index (Phi) is 5.91. The minimum Gasteiger partial charge on any atom is -0.508 e. The highest BCUT2D eigenvalue weighted by Crippen LogP contribution is 2.56. The first kappa shape index (κ1) is 25.4. The van der Waals surface area contributed by atoms with E-state index in [2.05, 4.69) is 15.9 Å². The quantitative estimate of drug-likeness (QED) is 0.235. The van der Waals surface area contributed by atoms with Gasteiger partial charge < -0.3 is 5.11 Å². The molecule has 4 atom stereocenters. The van der Waals surface area contributed by atoms with Crippen molar-refractivity contribution in [3.63, 3.8) is 0 Å². The van der Waals surface area contributed by atoms with Gasteiger partial charge in [-0.2, -0.15) is 0 Å². The SMILES string of the molecule is CC(=O)c1ccc(N2C(=O)C3CC=C4C(c5cc(Br)ccc5O)C5=C(CC4C3C2=O)C(=O)C=C(C)C5=O)cc1. The Morgan fingerprint density at radius 3 is 2.41 bits per heavy atom. The molecule has 1 saturated heterocycles. The lowest BCUT2D eigenvalue weighted by atomic mass is 9.59. The summed E-state index contributed by atoms with van der Waals surface area (Å²) in [4.78, 5) is 67.1. The first-order valence-corrected chi connectivity index (χ1v) is 13.5. The summed E-state index contributed by atoms with van der Waals surface area (Å²) < 4.78 is 0.697. The highest BCUT2D eigenvalue weighted by molar-refractivity contribution is 9.10. The van der Waals surface area contributed by atoms with E-state index in [9.17, 15) is 29.1 Å². The normalized spacial score (nSPS) is 26.2. The van der Waals surface area contributed by atoms with Gasteiger partial charge in [0.1, 0.15) is 5.75 Å². The van der Waals surface area contributed by atoms with Gasteiger partial charge in [0.25, 0.3) is 0 Å². The van der Waals surface area contributed by atoms with Gasteiger partial charge in [0, 0.05) is 38.2 Å². The second kappa shape index (κ2) is 9.09. The first-order valence-electron chi connectivity index (χ1n) is 12.8. The molecule has 0 spiro atoms. The number of hydrogen-bond donors (Lipinski definition) is 1.